The summed E-state index contributed by atoms with van der Waals surface area (Å²) in [4.78, 5) is 12.0. The molecule has 1 aromatic rings. The molecule has 0 saturated heterocycles. The Hall–Kier alpha value is -1.12. The summed E-state index contributed by atoms with van der Waals surface area (Å²) >= 11 is 0. The molecule has 0 saturated carbocycles. The Kier molecular flexibility index (Phi) is 2.79. The van der Waals surface area contributed by atoms with Gasteiger partial charge in [0.25, 0.3) is 5.56 Å². The van der Waals surface area contributed by atoms with Gasteiger partial charge < -0.3 is 0 Å². The largest absolute Gasteiger partial charge is 0.270 e. The summed E-state index contributed by atoms with van der Waals surface area (Å²) in [6.07, 6.45) is 1.70. The first-order valence-corrected chi connectivity index (χ1v) is 4.92. The molecule has 3 nitrogen and oxygen atoms in total. The second kappa shape index (κ2) is 3.56. The molecule has 78 valence electrons. The van der Waals surface area contributed by atoms with E-state index < -0.39 is 0 Å². The average molecular weight is 194 g/mol. The highest BCUT2D eigenvalue weighted by Crippen LogP contribution is 2.12. The van der Waals surface area contributed by atoms with Crippen LogP contribution in [0, 0.1) is 0 Å². The fourth-order valence-corrected chi connectivity index (χ4v) is 1.34. The van der Waals surface area contributed by atoms with E-state index in [2.05, 4.69) is 5.10 Å². The molecule has 14 heavy (non-hydrogen) atoms. The standard InChI is InChI=1S/C11H18N2O/c1-8(2)9-6-7-12-13(10(9)14)11(3,4)5/h6-8H,1-5H3. The van der Waals surface area contributed by atoms with E-state index in [1.165, 1.54) is 0 Å². The molecule has 0 aliphatic carbocycles. The zero-order valence-electron chi connectivity index (χ0n) is 9.53. The van der Waals surface area contributed by atoms with E-state index in [-0.39, 0.29) is 17.0 Å². The minimum absolute atomic E-state index is 0.0231. The molecule has 0 bridgehead atoms. The van der Waals surface area contributed by atoms with E-state index >= 15 is 0 Å². The lowest BCUT2D eigenvalue weighted by molar-refractivity contribution is 0.335. The number of nitrogens with zero attached hydrogens (tertiary/aromatic N) is 2. The molecule has 0 aromatic carbocycles. The lowest BCUT2D eigenvalue weighted by Crippen LogP contribution is -2.37. The Labute approximate surface area is 84.8 Å². The van der Waals surface area contributed by atoms with Gasteiger partial charge in [-0.2, -0.15) is 5.10 Å². The minimum atomic E-state index is -0.248. The third kappa shape index (κ3) is 2.03. The molecule has 0 aliphatic rings. The summed E-state index contributed by atoms with van der Waals surface area (Å²) in [7, 11) is 0. The number of aromatic nitrogens is 2. The highest BCUT2D eigenvalue weighted by Gasteiger charge is 2.18. The summed E-state index contributed by atoms with van der Waals surface area (Å²) in [5.41, 5.74) is 0.604. The van der Waals surface area contributed by atoms with Gasteiger partial charge in [0.05, 0.1) is 5.54 Å². The molecular weight excluding hydrogens is 176 g/mol. The third-order valence-electron chi connectivity index (χ3n) is 2.13. The van der Waals surface area contributed by atoms with Crippen LogP contribution in [0.5, 0.6) is 0 Å². The first kappa shape index (κ1) is 11.0. The van der Waals surface area contributed by atoms with Gasteiger partial charge >= 0.3 is 0 Å². The quantitative estimate of drug-likeness (QED) is 0.686. The lowest BCUT2D eigenvalue weighted by Gasteiger charge is -2.21. The zero-order chi connectivity index (χ0) is 10.9. The van der Waals surface area contributed by atoms with Crippen molar-refractivity contribution in [2.45, 2.75) is 46.1 Å². The van der Waals surface area contributed by atoms with Crippen LogP contribution in [0.4, 0.5) is 0 Å². The van der Waals surface area contributed by atoms with Crippen molar-refractivity contribution < 1.29 is 0 Å². The fourth-order valence-electron chi connectivity index (χ4n) is 1.34. The van der Waals surface area contributed by atoms with Crippen LogP contribution in [0.2, 0.25) is 0 Å². The Balaban J connectivity index is 3.36. The van der Waals surface area contributed by atoms with Crippen LogP contribution in [0.1, 0.15) is 46.1 Å². The van der Waals surface area contributed by atoms with Crippen LogP contribution < -0.4 is 5.56 Å². The van der Waals surface area contributed by atoms with Crippen LogP contribution >= 0.6 is 0 Å². The molecule has 0 fully saturated rings. The summed E-state index contributed by atoms with van der Waals surface area (Å²) in [6, 6.07) is 1.80. The van der Waals surface area contributed by atoms with Gasteiger partial charge in [0.1, 0.15) is 0 Å². The Bertz CT molecular complexity index is 372. The van der Waals surface area contributed by atoms with E-state index in [1.54, 1.807) is 16.9 Å². The summed E-state index contributed by atoms with van der Waals surface area (Å²) in [6.45, 7) is 9.97. The maximum absolute atomic E-state index is 12.0. The molecule has 1 rings (SSSR count). The number of hydrogen-bond donors (Lipinski definition) is 0. The van der Waals surface area contributed by atoms with Crippen molar-refractivity contribution in [1.29, 1.82) is 0 Å². The lowest BCUT2D eigenvalue weighted by atomic mass is 10.0. The van der Waals surface area contributed by atoms with Gasteiger partial charge in [0.15, 0.2) is 0 Å². The van der Waals surface area contributed by atoms with Crippen LogP contribution in [0.25, 0.3) is 0 Å². The van der Waals surface area contributed by atoms with E-state index in [1.807, 2.05) is 34.6 Å². The Morgan fingerprint density at radius 3 is 2.36 bits per heavy atom. The normalized spacial score (nSPS) is 12.1. The molecule has 0 unspecified atom stereocenters. The maximum Gasteiger partial charge on any atom is 0.270 e. The predicted octanol–water partition coefficient (Wildman–Crippen LogP) is 2.12. The third-order valence-corrected chi connectivity index (χ3v) is 2.13. The van der Waals surface area contributed by atoms with Crippen molar-refractivity contribution in [1.82, 2.24) is 9.78 Å². The smallest absolute Gasteiger partial charge is 0.267 e. The van der Waals surface area contributed by atoms with E-state index in [0.29, 0.717) is 0 Å². The van der Waals surface area contributed by atoms with Crippen LogP contribution in [0.15, 0.2) is 17.1 Å². The van der Waals surface area contributed by atoms with Crippen molar-refractivity contribution in [2.24, 2.45) is 0 Å². The van der Waals surface area contributed by atoms with Crippen molar-refractivity contribution in [3.8, 4) is 0 Å². The Morgan fingerprint density at radius 1 is 1.36 bits per heavy atom. The van der Waals surface area contributed by atoms with Gasteiger partial charge in [-0.3, -0.25) is 4.79 Å². The van der Waals surface area contributed by atoms with E-state index in [9.17, 15) is 4.79 Å². The number of hydrogen-bond acceptors (Lipinski definition) is 2. The Morgan fingerprint density at radius 2 is 1.93 bits per heavy atom. The van der Waals surface area contributed by atoms with Gasteiger partial charge in [0, 0.05) is 11.8 Å². The summed E-state index contributed by atoms with van der Waals surface area (Å²) in [5.74, 6) is 0.249. The molecule has 0 amide bonds. The molecule has 3 heteroatoms. The molecular formula is C11H18N2O. The zero-order valence-corrected chi connectivity index (χ0v) is 9.53. The first-order chi connectivity index (χ1) is 6.34. The predicted molar refractivity (Wildman–Crippen MR) is 57.6 cm³/mol. The molecule has 1 aromatic heterocycles. The maximum atomic E-state index is 12.0. The second-order valence-electron chi connectivity index (χ2n) is 4.83. The summed E-state index contributed by atoms with van der Waals surface area (Å²) in [5, 5.41) is 4.10. The van der Waals surface area contributed by atoms with E-state index in [4.69, 9.17) is 0 Å². The summed E-state index contributed by atoms with van der Waals surface area (Å²) < 4.78 is 1.54. The van der Waals surface area contributed by atoms with Crippen molar-refractivity contribution >= 4 is 0 Å². The highest BCUT2D eigenvalue weighted by atomic mass is 16.1. The van der Waals surface area contributed by atoms with Crippen LogP contribution in [-0.2, 0) is 5.54 Å². The van der Waals surface area contributed by atoms with Gasteiger partial charge in [-0.05, 0) is 32.8 Å². The van der Waals surface area contributed by atoms with Crippen molar-refractivity contribution in [3.63, 3.8) is 0 Å². The van der Waals surface area contributed by atoms with Crippen LogP contribution in [0.3, 0.4) is 0 Å². The molecule has 1 heterocycles. The van der Waals surface area contributed by atoms with Gasteiger partial charge in [0.2, 0.25) is 0 Å². The monoisotopic (exact) mass is 194 g/mol. The second-order valence-corrected chi connectivity index (χ2v) is 4.83. The molecule has 0 radical (unpaired) electrons. The first-order valence-electron chi connectivity index (χ1n) is 4.92. The SMILES string of the molecule is CC(C)c1ccnn(C(C)(C)C)c1=O. The molecule has 0 spiro atoms. The van der Waals surface area contributed by atoms with E-state index in [0.717, 1.165) is 5.56 Å². The van der Waals surface area contributed by atoms with Gasteiger partial charge in [-0.25, -0.2) is 4.68 Å². The highest BCUT2D eigenvalue weighted by molar-refractivity contribution is 5.12. The van der Waals surface area contributed by atoms with Crippen molar-refractivity contribution in [2.75, 3.05) is 0 Å². The average Bonchev–Trinajstić information content (AvgIpc) is 2.01. The fraction of sp³-hybridized carbons (Fsp3) is 0.636. The van der Waals surface area contributed by atoms with Crippen molar-refractivity contribution in [3.05, 3.63) is 28.2 Å². The molecule has 0 aliphatic heterocycles. The number of rotatable bonds is 1. The minimum Gasteiger partial charge on any atom is -0.267 e. The topological polar surface area (TPSA) is 34.9 Å². The molecule has 0 atom stereocenters. The molecule has 0 N–H and O–H groups in total. The van der Waals surface area contributed by atoms with Gasteiger partial charge in [-0.15, -0.1) is 0 Å². The van der Waals surface area contributed by atoms with Crippen LogP contribution in [-0.4, -0.2) is 9.78 Å². The van der Waals surface area contributed by atoms with Gasteiger partial charge in [-0.1, -0.05) is 13.8 Å².